The lowest BCUT2D eigenvalue weighted by atomic mass is 10.2. The number of carboxylic acid groups (broad SMARTS) is 1. The van der Waals surface area contributed by atoms with Crippen LogP contribution in [0, 0.1) is 6.92 Å². The number of benzene rings is 1. The van der Waals surface area contributed by atoms with Gasteiger partial charge in [-0.2, -0.15) is 0 Å². The molecule has 5 nitrogen and oxygen atoms in total. The van der Waals surface area contributed by atoms with Crippen molar-refractivity contribution in [3.8, 4) is 5.75 Å². The topological polar surface area (TPSA) is 86.6 Å². The van der Waals surface area contributed by atoms with E-state index in [2.05, 4.69) is 5.32 Å². The number of amides is 1. The van der Waals surface area contributed by atoms with Crippen molar-refractivity contribution in [2.75, 3.05) is 5.32 Å². The normalized spacial score (nSPS) is 10.3. The summed E-state index contributed by atoms with van der Waals surface area (Å²) < 4.78 is 0. The highest BCUT2D eigenvalue weighted by atomic mass is 35.5. The van der Waals surface area contributed by atoms with Gasteiger partial charge in [-0.15, -0.1) is 11.3 Å². The number of thiophene rings is 1. The van der Waals surface area contributed by atoms with Crippen LogP contribution in [0.2, 0.25) is 5.02 Å². The van der Waals surface area contributed by atoms with E-state index < -0.39 is 11.9 Å². The van der Waals surface area contributed by atoms with E-state index in [-0.39, 0.29) is 26.9 Å². The number of hydrogen-bond acceptors (Lipinski definition) is 4. The van der Waals surface area contributed by atoms with Crippen LogP contribution < -0.4 is 5.32 Å². The van der Waals surface area contributed by atoms with Crippen molar-refractivity contribution in [1.29, 1.82) is 0 Å². The van der Waals surface area contributed by atoms with E-state index in [1.54, 1.807) is 6.92 Å². The van der Waals surface area contributed by atoms with Gasteiger partial charge < -0.3 is 15.5 Å². The molecule has 0 saturated carbocycles. The number of carbonyl (C=O) groups excluding carboxylic acids is 1. The van der Waals surface area contributed by atoms with Crippen molar-refractivity contribution < 1.29 is 19.8 Å². The van der Waals surface area contributed by atoms with Crippen molar-refractivity contribution in [1.82, 2.24) is 0 Å². The number of hydrogen-bond donors (Lipinski definition) is 3. The highest BCUT2D eigenvalue weighted by Gasteiger charge is 2.18. The first-order valence-corrected chi connectivity index (χ1v) is 6.71. The number of nitrogens with one attached hydrogen (secondary N) is 1. The van der Waals surface area contributed by atoms with Gasteiger partial charge in [-0.3, -0.25) is 4.79 Å². The molecular weight excluding hydrogens is 302 g/mol. The SMILES string of the molecule is Cc1cc(C(=O)O)c(NC(=O)c2cc(O)ccc2Cl)s1. The fraction of sp³-hybridized carbons (Fsp3) is 0.0769. The van der Waals surface area contributed by atoms with Gasteiger partial charge in [0.15, 0.2) is 0 Å². The summed E-state index contributed by atoms with van der Waals surface area (Å²) in [6, 6.07) is 5.45. The largest absolute Gasteiger partial charge is 0.508 e. The third-order valence-electron chi connectivity index (χ3n) is 2.51. The molecule has 1 amide bonds. The van der Waals surface area contributed by atoms with Crippen LogP contribution in [0.25, 0.3) is 0 Å². The third-order valence-corrected chi connectivity index (χ3v) is 3.80. The van der Waals surface area contributed by atoms with Gasteiger partial charge >= 0.3 is 5.97 Å². The standard InChI is InChI=1S/C13H10ClNO4S/c1-6-4-9(13(18)19)12(20-6)15-11(17)8-5-7(16)2-3-10(8)14/h2-5,16H,1H3,(H,15,17)(H,18,19). The van der Waals surface area contributed by atoms with Crippen LogP contribution in [0.15, 0.2) is 24.3 Å². The first-order chi connectivity index (χ1) is 9.38. The molecule has 0 aliphatic rings. The minimum atomic E-state index is -1.12. The molecule has 1 aromatic carbocycles. The molecule has 0 spiro atoms. The summed E-state index contributed by atoms with van der Waals surface area (Å²) in [6.07, 6.45) is 0. The number of rotatable bonds is 3. The highest BCUT2D eigenvalue weighted by molar-refractivity contribution is 7.16. The summed E-state index contributed by atoms with van der Waals surface area (Å²) in [5.74, 6) is -1.79. The maximum atomic E-state index is 12.1. The first-order valence-electron chi connectivity index (χ1n) is 5.52. The van der Waals surface area contributed by atoms with E-state index in [1.165, 1.54) is 24.3 Å². The Morgan fingerprint density at radius 1 is 1.25 bits per heavy atom. The maximum absolute atomic E-state index is 12.1. The Morgan fingerprint density at radius 2 is 1.95 bits per heavy atom. The molecule has 0 unspecified atom stereocenters. The minimum Gasteiger partial charge on any atom is -0.508 e. The number of phenols is 1. The van der Waals surface area contributed by atoms with Crippen LogP contribution in [-0.4, -0.2) is 22.1 Å². The Labute approximate surface area is 123 Å². The molecule has 2 rings (SSSR count). The van der Waals surface area contributed by atoms with Crippen molar-refractivity contribution in [2.45, 2.75) is 6.92 Å². The highest BCUT2D eigenvalue weighted by Crippen LogP contribution is 2.29. The minimum absolute atomic E-state index is 0.0251. The van der Waals surface area contributed by atoms with Crippen LogP contribution in [0.5, 0.6) is 5.75 Å². The lowest BCUT2D eigenvalue weighted by Crippen LogP contribution is -2.13. The first kappa shape index (κ1) is 14.4. The predicted octanol–water partition coefficient (Wildman–Crippen LogP) is 3.37. The number of aromatic carboxylic acids is 1. The number of aromatic hydroxyl groups is 1. The molecule has 104 valence electrons. The lowest BCUT2D eigenvalue weighted by Gasteiger charge is -2.06. The summed E-state index contributed by atoms with van der Waals surface area (Å²) in [5.41, 5.74) is 0.103. The number of phenolic OH excluding ortho intramolecular Hbond substituents is 1. The quantitative estimate of drug-likeness (QED) is 0.811. The van der Waals surface area contributed by atoms with Gasteiger partial charge in [0, 0.05) is 4.88 Å². The molecule has 2 aromatic rings. The summed E-state index contributed by atoms with van der Waals surface area (Å²) in [6.45, 7) is 1.74. The van der Waals surface area contributed by atoms with Crippen LogP contribution in [0.4, 0.5) is 5.00 Å². The van der Waals surface area contributed by atoms with E-state index in [0.29, 0.717) is 0 Å². The molecule has 1 aromatic heterocycles. The molecule has 0 atom stereocenters. The zero-order valence-corrected chi connectivity index (χ0v) is 11.9. The molecule has 0 aliphatic heterocycles. The molecule has 0 aliphatic carbocycles. The summed E-state index contributed by atoms with van der Waals surface area (Å²) in [4.78, 5) is 23.9. The molecular formula is C13H10ClNO4S. The average molecular weight is 312 g/mol. The molecule has 3 N–H and O–H groups in total. The number of carboxylic acids is 1. The fourth-order valence-corrected chi connectivity index (χ4v) is 2.73. The van der Waals surface area contributed by atoms with E-state index in [0.717, 1.165) is 16.2 Å². The van der Waals surface area contributed by atoms with Crippen molar-refractivity contribution in [3.05, 3.63) is 45.3 Å². The number of anilines is 1. The Hall–Kier alpha value is -2.05. The van der Waals surface area contributed by atoms with Crippen LogP contribution in [-0.2, 0) is 0 Å². The summed E-state index contributed by atoms with van der Waals surface area (Å²) >= 11 is 7.04. The number of carbonyl (C=O) groups is 2. The molecule has 0 bridgehead atoms. The molecule has 7 heteroatoms. The number of halogens is 1. The van der Waals surface area contributed by atoms with Gasteiger partial charge in [0.1, 0.15) is 10.8 Å². The van der Waals surface area contributed by atoms with Crippen molar-refractivity contribution >= 4 is 39.8 Å². The molecule has 20 heavy (non-hydrogen) atoms. The third kappa shape index (κ3) is 2.92. The van der Waals surface area contributed by atoms with E-state index >= 15 is 0 Å². The average Bonchev–Trinajstić information content (AvgIpc) is 2.73. The maximum Gasteiger partial charge on any atom is 0.338 e. The van der Waals surface area contributed by atoms with Gasteiger partial charge in [0.2, 0.25) is 0 Å². The van der Waals surface area contributed by atoms with Gasteiger partial charge in [-0.1, -0.05) is 11.6 Å². The molecule has 0 saturated heterocycles. The monoisotopic (exact) mass is 311 g/mol. The molecule has 0 radical (unpaired) electrons. The predicted molar refractivity (Wildman–Crippen MR) is 77.1 cm³/mol. The second kappa shape index (κ2) is 5.52. The molecule has 1 heterocycles. The van der Waals surface area contributed by atoms with Gasteiger partial charge in [-0.25, -0.2) is 4.79 Å². The zero-order chi connectivity index (χ0) is 14.9. The smallest absolute Gasteiger partial charge is 0.338 e. The van der Waals surface area contributed by atoms with Crippen molar-refractivity contribution in [3.63, 3.8) is 0 Å². The number of aryl methyl sites for hydroxylation is 1. The van der Waals surface area contributed by atoms with Gasteiger partial charge in [0.05, 0.1) is 16.1 Å². The second-order valence-electron chi connectivity index (χ2n) is 4.02. The fourth-order valence-electron chi connectivity index (χ4n) is 1.62. The molecule has 0 fully saturated rings. The van der Waals surface area contributed by atoms with Gasteiger partial charge in [-0.05, 0) is 31.2 Å². The zero-order valence-electron chi connectivity index (χ0n) is 10.3. The Bertz CT molecular complexity index is 696. The Kier molecular flexibility index (Phi) is 3.96. The van der Waals surface area contributed by atoms with Crippen molar-refractivity contribution in [2.24, 2.45) is 0 Å². The van der Waals surface area contributed by atoms with Crippen LogP contribution >= 0.6 is 22.9 Å². The second-order valence-corrected chi connectivity index (χ2v) is 5.69. The van der Waals surface area contributed by atoms with Crippen LogP contribution in [0.3, 0.4) is 0 Å². The Morgan fingerprint density at radius 3 is 2.60 bits per heavy atom. The Balaban J connectivity index is 2.32. The summed E-state index contributed by atoms with van der Waals surface area (Å²) in [7, 11) is 0. The van der Waals surface area contributed by atoms with E-state index in [1.807, 2.05) is 0 Å². The van der Waals surface area contributed by atoms with Gasteiger partial charge in [0.25, 0.3) is 5.91 Å². The summed E-state index contributed by atoms with van der Waals surface area (Å²) in [5, 5.41) is 21.3. The van der Waals surface area contributed by atoms with Crippen LogP contribution in [0.1, 0.15) is 25.6 Å². The van der Waals surface area contributed by atoms with E-state index in [4.69, 9.17) is 16.7 Å². The lowest BCUT2D eigenvalue weighted by molar-refractivity contribution is 0.0698. The van der Waals surface area contributed by atoms with E-state index in [9.17, 15) is 14.7 Å².